The number of nitrogens with one attached hydrogen (secondary N) is 1. The van der Waals surface area contributed by atoms with Crippen molar-refractivity contribution in [3.05, 3.63) is 52.3 Å². The highest BCUT2D eigenvalue weighted by atomic mass is 35.5. The van der Waals surface area contributed by atoms with Crippen LogP contribution in [0.1, 0.15) is 30.7 Å². The molecule has 2 aromatic rings. The van der Waals surface area contributed by atoms with Gasteiger partial charge >= 0.3 is 0 Å². The molecule has 0 aliphatic heterocycles. The first-order valence-corrected chi connectivity index (χ1v) is 7.45. The van der Waals surface area contributed by atoms with Crippen molar-refractivity contribution >= 4 is 11.6 Å². The Hall–Kier alpha value is -1.36. The van der Waals surface area contributed by atoms with E-state index in [1.54, 1.807) is 4.68 Å². The molecule has 1 unspecified atom stereocenters. The second-order valence-corrected chi connectivity index (χ2v) is 6.35. The van der Waals surface area contributed by atoms with Gasteiger partial charge in [0.15, 0.2) is 0 Å². The molecule has 1 aromatic heterocycles. The molecule has 0 fully saturated rings. The van der Waals surface area contributed by atoms with Crippen molar-refractivity contribution in [1.82, 2.24) is 15.2 Å². The summed E-state index contributed by atoms with van der Waals surface area (Å²) < 4.78 is 1.70. The van der Waals surface area contributed by atoms with Gasteiger partial charge in [-0.15, -0.1) is 0 Å². The number of aromatic nitrogens is 2. The van der Waals surface area contributed by atoms with Gasteiger partial charge in [-0.1, -0.05) is 55.8 Å². The predicted molar refractivity (Wildman–Crippen MR) is 87.2 cm³/mol. The molecule has 0 aliphatic rings. The van der Waals surface area contributed by atoms with Crippen molar-refractivity contribution in [3.8, 4) is 0 Å². The molecule has 0 aliphatic carbocycles. The summed E-state index contributed by atoms with van der Waals surface area (Å²) in [6.45, 7) is 6.35. The third-order valence-electron chi connectivity index (χ3n) is 4.27. The van der Waals surface area contributed by atoms with Crippen molar-refractivity contribution in [3.63, 3.8) is 0 Å². The van der Waals surface area contributed by atoms with Gasteiger partial charge in [0.2, 0.25) is 0 Å². The predicted octanol–water partition coefficient (Wildman–Crippen LogP) is 2.73. The smallest absolute Gasteiger partial charge is 0.130 e. The van der Waals surface area contributed by atoms with Crippen LogP contribution in [0.2, 0.25) is 5.15 Å². The summed E-state index contributed by atoms with van der Waals surface area (Å²) in [5, 5.41) is 5.05. The molecule has 114 valence electrons. The van der Waals surface area contributed by atoms with Crippen LogP contribution in [0.15, 0.2) is 30.3 Å². The van der Waals surface area contributed by atoms with Crippen LogP contribution in [-0.4, -0.2) is 15.8 Å². The van der Waals surface area contributed by atoms with Crippen molar-refractivity contribution in [2.24, 2.45) is 12.9 Å². The standard InChI is InChI=1S/C16H23ClN4/c1-11-13(15(17)21(4)20-11)10-14(19-18)16(2,3)12-8-6-5-7-9-12/h5-9,14,19H,10,18H2,1-4H3. The molecule has 0 saturated heterocycles. The van der Waals surface area contributed by atoms with Crippen molar-refractivity contribution in [2.75, 3.05) is 0 Å². The third-order valence-corrected chi connectivity index (χ3v) is 4.74. The normalized spacial score (nSPS) is 13.4. The summed E-state index contributed by atoms with van der Waals surface area (Å²) >= 11 is 6.34. The first-order chi connectivity index (χ1) is 9.87. The molecular weight excluding hydrogens is 284 g/mol. The van der Waals surface area contributed by atoms with Crippen LogP contribution in [0.25, 0.3) is 0 Å². The van der Waals surface area contributed by atoms with Gasteiger partial charge in [-0.2, -0.15) is 5.10 Å². The monoisotopic (exact) mass is 306 g/mol. The molecule has 0 bridgehead atoms. The molecule has 1 atom stereocenters. The van der Waals surface area contributed by atoms with Gasteiger partial charge in [0.05, 0.1) is 5.69 Å². The van der Waals surface area contributed by atoms with E-state index >= 15 is 0 Å². The number of hydrazine groups is 1. The van der Waals surface area contributed by atoms with E-state index in [4.69, 9.17) is 17.4 Å². The van der Waals surface area contributed by atoms with Crippen molar-refractivity contribution < 1.29 is 0 Å². The minimum Gasteiger partial charge on any atom is -0.271 e. The number of hydrogen-bond donors (Lipinski definition) is 2. The fourth-order valence-corrected chi connectivity index (χ4v) is 2.95. The van der Waals surface area contributed by atoms with E-state index in [2.05, 4.69) is 36.5 Å². The highest BCUT2D eigenvalue weighted by molar-refractivity contribution is 6.30. The van der Waals surface area contributed by atoms with E-state index in [1.807, 2.05) is 32.2 Å². The molecule has 1 aromatic carbocycles. The Bertz CT molecular complexity index is 604. The number of halogens is 1. The third kappa shape index (κ3) is 3.12. The summed E-state index contributed by atoms with van der Waals surface area (Å²) in [5.74, 6) is 5.83. The van der Waals surface area contributed by atoms with E-state index in [0.717, 1.165) is 17.7 Å². The lowest BCUT2D eigenvalue weighted by molar-refractivity contribution is 0.341. The van der Waals surface area contributed by atoms with Crippen LogP contribution in [0.3, 0.4) is 0 Å². The van der Waals surface area contributed by atoms with Gasteiger partial charge in [0.25, 0.3) is 0 Å². The first kappa shape index (κ1) is 16.0. The van der Waals surface area contributed by atoms with E-state index in [1.165, 1.54) is 5.56 Å². The van der Waals surface area contributed by atoms with Gasteiger partial charge in [-0.3, -0.25) is 16.0 Å². The molecule has 1 heterocycles. The first-order valence-electron chi connectivity index (χ1n) is 7.07. The fraction of sp³-hybridized carbons (Fsp3) is 0.438. The molecule has 2 rings (SSSR count). The maximum absolute atomic E-state index is 6.34. The number of aryl methyl sites for hydroxylation is 2. The van der Waals surface area contributed by atoms with Crippen LogP contribution in [0, 0.1) is 6.92 Å². The van der Waals surface area contributed by atoms with Gasteiger partial charge in [-0.25, -0.2) is 0 Å². The molecule has 0 radical (unpaired) electrons. The van der Waals surface area contributed by atoms with Gasteiger partial charge in [-0.05, 0) is 18.9 Å². The lowest BCUT2D eigenvalue weighted by atomic mass is 9.76. The number of nitrogens with zero attached hydrogens (tertiary/aromatic N) is 2. The topological polar surface area (TPSA) is 55.9 Å². The molecule has 21 heavy (non-hydrogen) atoms. The Morgan fingerprint density at radius 1 is 1.33 bits per heavy atom. The van der Waals surface area contributed by atoms with Crippen LogP contribution in [0.5, 0.6) is 0 Å². The van der Waals surface area contributed by atoms with Gasteiger partial charge < -0.3 is 0 Å². The van der Waals surface area contributed by atoms with E-state index in [9.17, 15) is 0 Å². The maximum Gasteiger partial charge on any atom is 0.130 e. The summed E-state index contributed by atoms with van der Waals surface area (Å²) in [4.78, 5) is 0. The zero-order valence-corrected chi connectivity index (χ0v) is 13.8. The van der Waals surface area contributed by atoms with Crippen LogP contribution in [0.4, 0.5) is 0 Å². The number of hydrogen-bond acceptors (Lipinski definition) is 3. The molecule has 3 N–H and O–H groups in total. The minimum atomic E-state index is -0.123. The SMILES string of the molecule is Cc1nn(C)c(Cl)c1CC(NN)C(C)(C)c1ccccc1. The summed E-state index contributed by atoms with van der Waals surface area (Å²) in [5.41, 5.74) is 6.07. The Balaban J connectivity index is 2.32. The molecular formula is C16H23ClN4. The molecule has 5 heteroatoms. The fourth-order valence-electron chi connectivity index (χ4n) is 2.70. The summed E-state index contributed by atoms with van der Waals surface area (Å²) in [6.07, 6.45) is 0.733. The Labute approximate surface area is 131 Å². The number of benzene rings is 1. The second-order valence-electron chi connectivity index (χ2n) is 5.99. The lowest BCUT2D eigenvalue weighted by Crippen LogP contribution is -2.49. The van der Waals surface area contributed by atoms with Crippen LogP contribution in [-0.2, 0) is 18.9 Å². The molecule has 0 spiro atoms. The van der Waals surface area contributed by atoms with E-state index in [-0.39, 0.29) is 11.5 Å². The van der Waals surface area contributed by atoms with Crippen molar-refractivity contribution in [1.29, 1.82) is 0 Å². The number of nitrogens with two attached hydrogens (primary N) is 1. The van der Waals surface area contributed by atoms with Crippen LogP contribution >= 0.6 is 11.6 Å². The van der Waals surface area contributed by atoms with Crippen molar-refractivity contribution in [2.45, 2.75) is 38.6 Å². The van der Waals surface area contributed by atoms with Gasteiger partial charge in [0.1, 0.15) is 5.15 Å². The zero-order valence-electron chi connectivity index (χ0n) is 13.0. The van der Waals surface area contributed by atoms with E-state index < -0.39 is 0 Å². The quantitative estimate of drug-likeness (QED) is 0.659. The Kier molecular flexibility index (Phi) is 4.71. The minimum absolute atomic E-state index is 0.0558. The molecule has 4 nitrogen and oxygen atoms in total. The largest absolute Gasteiger partial charge is 0.271 e. The highest BCUT2D eigenvalue weighted by Gasteiger charge is 2.32. The summed E-state index contributed by atoms with van der Waals surface area (Å²) in [6, 6.07) is 10.4. The Morgan fingerprint density at radius 2 is 1.95 bits per heavy atom. The maximum atomic E-state index is 6.34. The Morgan fingerprint density at radius 3 is 2.43 bits per heavy atom. The molecule has 0 saturated carbocycles. The van der Waals surface area contributed by atoms with E-state index in [0.29, 0.717) is 5.15 Å². The lowest BCUT2D eigenvalue weighted by Gasteiger charge is -2.34. The molecule has 0 amide bonds. The average Bonchev–Trinajstić information content (AvgIpc) is 2.71. The summed E-state index contributed by atoms with van der Waals surface area (Å²) in [7, 11) is 1.85. The second kappa shape index (κ2) is 6.18. The zero-order chi connectivity index (χ0) is 15.6. The number of rotatable bonds is 5. The highest BCUT2D eigenvalue weighted by Crippen LogP contribution is 2.31. The average molecular weight is 307 g/mol. The van der Waals surface area contributed by atoms with Crippen LogP contribution < -0.4 is 11.3 Å². The van der Waals surface area contributed by atoms with Gasteiger partial charge in [0, 0.05) is 24.1 Å².